The van der Waals surface area contributed by atoms with Crippen LogP contribution in [0.1, 0.15) is 26.2 Å². The lowest BCUT2D eigenvalue weighted by Gasteiger charge is -1.90. The Balaban J connectivity index is 3.30. The molecule has 0 saturated carbocycles. The van der Waals surface area contributed by atoms with Crippen LogP contribution in [0.25, 0.3) is 0 Å². The maximum Gasteiger partial charge on any atom is 0.118 e. The van der Waals surface area contributed by atoms with Gasteiger partial charge in [-0.2, -0.15) is 0 Å². The number of unbranched alkanes of at least 4 members (excludes halogenated alkanes) is 2. The Bertz CT molecular complexity index is 138. The maximum atomic E-state index is 12.4. The number of hydrogen-bond acceptors (Lipinski definition) is 1. The zero-order chi connectivity index (χ0) is 8.53. The van der Waals surface area contributed by atoms with Crippen LogP contribution in [0.3, 0.4) is 0 Å². The van der Waals surface area contributed by atoms with Crippen LogP contribution < -0.4 is 0 Å². The Labute approximate surface area is 67.2 Å². The SMILES string of the molecule is C/C=C(F)\C=C/CCCCO. The lowest BCUT2D eigenvalue weighted by atomic mass is 10.2. The predicted molar refractivity (Wildman–Crippen MR) is 44.9 cm³/mol. The van der Waals surface area contributed by atoms with Crippen molar-refractivity contribution in [1.82, 2.24) is 0 Å². The summed E-state index contributed by atoms with van der Waals surface area (Å²) in [5.41, 5.74) is 0. The summed E-state index contributed by atoms with van der Waals surface area (Å²) in [4.78, 5) is 0. The first kappa shape index (κ1) is 10.4. The number of hydrogen-bond donors (Lipinski definition) is 1. The van der Waals surface area contributed by atoms with Gasteiger partial charge in [0.15, 0.2) is 0 Å². The molecule has 0 bridgehead atoms. The monoisotopic (exact) mass is 158 g/mol. The largest absolute Gasteiger partial charge is 0.396 e. The van der Waals surface area contributed by atoms with E-state index >= 15 is 0 Å². The average molecular weight is 158 g/mol. The van der Waals surface area contributed by atoms with E-state index in [1.54, 1.807) is 13.0 Å². The molecule has 1 N–H and O–H groups in total. The molecule has 0 rings (SSSR count). The van der Waals surface area contributed by atoms with Crippen LogP contribution in [0.4, 0.5) is 4.39 Å². The molecule has 0 spiro atoms. The topological polar surface area (TPSA) is 20.2 Å². The molecule has 0 amide bonds. The minimum Gasteiger partial charge on any atom is -0.396 e. The van der Waals surface area contributed by atoms with Crippen LogP contribution in [0.15, 0.2) is 24.1 Å². The quantitative estimate of drug-likeness (QED) is 0.481. The van der Waals surface area contributed by atoms with Crippen LogP contribution in [0.2, 0.25) is 0 Å². The first-order valence-corrected chi connectivity index (χ1v) is 3.90. The Kier molecular flexibility index (Phi) is 7.05. The fourth-order valence-corrected chi connectivity index (χ4v) is 0.666. The van der Waals surface area contributed by atoms with Gasteiger partial charge < -0.3 is 5.11 Å². The fraction of sp³-hybridized carbons (Fsp3) is 0.556. The molecule has 0 aliphatic carbocycles. The Morgan fingerprint density at radius 1 is 1.45 bits per heavy atom. The summed E-state index contributed by atoms with van der Waals surface area (Å²) in [6, 6.07) is 0. The van der Waals surface area contributed by atoms with Gasteiger partial charge in [0.1, 0.15) is 5.83 Å². The van der Waals surface area contributed by atoms with Gasteiger partial charge in [0.2, 0.25) is 0 Å². The van der Waals surface area contributed by atoms with E-state index in [0.29, 0.717) is 0 Å². The van der Waals surface area contributed by atoms with Gasteiger partial charge in [0.25, 0.3) is 0 Å². The van der Waals surface area contributed by atoms with Crippen molar-refractivity contribution in [2.45, 2.75) is 26.2 Å². The highest BCUT2D eigenvalue weighted by atomic mass is 19.1. The fourth-order valence-electron chi connectivity index (χ4n) is 0.666. The molecule has 0 aromatic heterocycles. The molecule has 0 aromatic carbocycles. The summed E-state index contributed by atoms with van der Waals surface area (Å²) in [7, 11) is 0. The highest BCUT2D eigenvalue weighted by Gasteiger charge is 1.84. The van der Waals surface area contributed by atoms with Crippen molar-refractivity contribution < 1.29 is 9.50 Å². The van der Waals surface area contributed by atoms with Crippen molar-refractivity contribution in [3.05, 3.63) is 24.1 Å². The van der Waals surface area contributed by atoms with Crippen LogP contribution in [-0.2, 0) is 0 Å². The second-order valence-electron chi connectivity index (χ2n) is 2.30. The highest BCUT2D eigenvalue weighted by Crippen LogP contribution is 2.01. The third-order valence-corrected chi connectivity index (χ3v) is 1.33. The molecule has 0 fully saturated rings. The molecule has 0 heterocycles. The summed E-state index contributed by atoms with van der Waals surface area (Å²) < 4.78 is 12.4. The maximum absolute atomic E-state index is 12.4. The zero-order valence-corrected chi connectivity index (χ0v) is 6.89. The standard InChI is InChI=1S/C9H15FO/c1-2-9(10)7-5-3-4-6-8-11/h2,5,7,11H,3-4,6,8H2,1H3/b7-5-,9-2+. The van der Waals surface area contributed by atoms with Crippen molar-refractivity contribution in [1.29, 1.82) is 0 Å². The Morgan fingerprint density at radius 3 is 2.73 bits per heavy atom. The van der Waals surface area contributed by atoms with Gasteiger partial charge >= 0.3 is 0 Å². The van der Waals surface area contributed by atoms with Crippen molar-refractivity contribution >= 4 is 0 Å². The van der Waals surface area contributed by atoms with E-state index in [0.717, 1.165) is 19.3 Å². The van der Waals surface area contributed by atoms with E-state index in [4.69, 9.17) is 5.11 Å². The molecule has 0 unspecified atom stereocenters. The van der Waals surface area contributed by atoms with Gasteiger partial charge in [-0.05, 0) is 32.3 Å². The van der Waals surface area contributed by atoms with Crippen LogP contribution in [0.5, 0.6) is 0 Å². The van der Waals surface area contributed by atoms with Crippen molar-refractivity contribution in [2.75, 3.05) is 6.61 Å². The van der Waals surface area contributed by atoms with E-state index < -0.39 is 0 Å². The average Bonchev–Trinajstić information content (AvgIpc) is 2.04. The number of aliphatic hydroxyl groups excluding tert-OH is 1. The second-order valence-corrected chi connectivity index (χ2v) is 2.30. The lowest BCUT2D eigenvalue weighted by Crippen LogP contribution is -1.80. The second kappa shape index (κ2) is 7.48. The van der Waals surface area contributed by atoms with E-state index in [2.05, 4.69) is 0 Å². The van der Waals surface area contributed by atoms with Gasteiger partial charge in [-0.3, -0.25) is 0 Å². The van der Waals surface area contributed by atoms with Crippen LogP contribution in [-0.4, -0.2) is 11.7 Å². The number of halogens is 1. The summed E-state index contributed by atoms with van der Waals surface area (Å²) in [5.74, 6) is -0.200. The molecule has 11 heavy (non-hydrogen) atoms. The normalized spacial score (nSPS) is 12.8. The molecule has 64 valence electrons. The first-order chi connectivity index (χ1) is 5.31. The molecule has 0 aliphatic rings. The number of allylic oxidation sites excluding steroid dienone is 4. The summed E-state index contributed by atoms with van der Waals surface area (Å²) in [5, 5.41) is 8.41. The summed E-state index contributed by atoms with van der Waals surface area (Å²) in [6.45, 7) is 1.88. The zero-order valence-electron chi connectivity index (χ0n) is 6.89. The van der Waals surface area contributed by atoms with Crippen molar-refractivity contribution in [3.8, 4) is 0 Å². The number of rotatable bonds is 5. The summed E-state index contributed by atoms with van der Waals surface area (Å²) in [6.07, 6.45) is 7.21. The highest BCUT2D eigenvalue weighted by molar-refractivity contribution is 5.09. The molecule has 0 saturated heterocycles. The minimum atomic E-state index is -0.200. The van der Waals surface area contributed by atoms with Gasteiger partial charge in [0.05, 0.1) is 0 Å². The molecule has 0 atom stereocenters. The van der Waals surface area contributed by atoms with Crippen LogP contribution in [0, 0.1) is 0 Å². The molecule has 2 heteroatoms. The molecule has 0 radical (unpaired) electrons. The van der Waals surface area contributed by atoms with Crippen molar-refractivity contribution in [3.63, 3.8) is 0 Å². The van der Waals surface area contributed by atoms with E-state index in [1.165, 1.54) is 12.2 Å². The molecule has 1 nitrogen and oxygen atoms in total. The van der Waals surface area contributed by atoms with Crippen LogP contribution >= 0.6 is 0 Å². The molecule has 0 aromatic rings. The Morgan fingerprint density at radius 2 is 2.18 bits per heavy atom. The van der Waals surface area contributed by atoms with Gasteiger partial charge in [-0.15, -0.1) is 0 Å². The molecule has 0 aliphatic heterocycles. The molecular formula is C9H15FO. The van der Waals surface area contributed by atoms with E-state index in [-0.39, 0.29) is 12.4 Å². The Hall–Kier alpha value is -0.630. The number of aliphatic hydroxyl groups is 1. The lowest BCUT2D eigenvalue weighted by molar-refractivity contribution is 0.285. The minimum absolute atomic E-state index is 0.200. The third-order valence-electron chi connectivity index (χ3n) is 1.33. The van der Waals surface area contributed by atoms with E-state index in [1.807, 2.05) is 0 Å². The smallest absolute Gasteiger partial charge is 0.118 e. The van der Waals surface area contributed by atoms with Gasteiger partial charge in [-0.1, -0.05) is 12.2 Å². The molecular weight excluding hydrogens is 143 g/mol. The van der Waals surface area contributed by atoms with Gasteiger partial charge in [-0.25, -0.2) is 4.39 Å². The van der Waals surface area contributed by atoms with Gasteiger partial charge in [0, 0.05) is 6.61 Å². The van der Waals surface area contributed by atoms with E-state index in [9.17, 15) is 4.39 Å². The summed E-state index contributed by atoms with van der Waals surface area (Å²) >= 11 is 0. The predicted octanol–water partition coefficient (Wildman–Crippen LogP) is 2.58. The third kappa shape index (κ3) is 7.26. The van der Waals surface area contributed by atoms with Crippen molar-refractivity contribution in [2.24, 2.45) is 0 Å². The first-order valence-electron chi connectivity index (χ1n) is 3.90.